The van der Waals surface area contributed by atoms with Crippen molar-refractivity contribution in [1.29, 1.82) is 0 Å². The lowest BCUT2D eigenvalue weighted by Gasteiger charge is -2.08. The van der Waals surface area contributed by atoms with E-state index in [2.05, 4.69) is 133 Å². The molecule has 284 valence electrons. The molecule has 2 heterocycles. The quantitative estimate of drug-likeness (QED) is 0.0849. The lowest BCUT2D eigenvalue weighted by molar-refractivity contribution is -0.122. The number of aromatic nitrogens is 4. The molecule has 0 bridgehead atoms. The third-order valence-electron chi connectivity index (χ3n) is 11.4. The van der Waals surface area contributed by atoms with Gasteiger partial charge in [0.2, 0.25) is 11.8 Å². The standard InChI is InChI=1S/C44H52Cl2N6O2/c1-23(2)19-37(53)51-39-25(5)33(39)15-17-35-47-41(43(45)49-35)28-9-7-27(8-10-28)29-11-12-31-22-32(14-13-30(31)21-29)42-44(46)50-36(48-42)18-16-34-26(6)40(34)52-38(54)20-24(3)4/h7-14,21-26,33-34,39-40H,15-20H2,1-6H3,(H,47,49)(H,48,50)(H,51,53)(H,52,54)/t25?,26-,33?,34?,39?,40?/m1/s1. The number of halogens is 2. The summed E-state index contributed by atoms with van der Waals surface area (Å²) >= 11 is 13.3. The van der Waals surface area contributed by atoms with E-state index in [0.717, 1.165) is 81.7 Å². The molecule has 3 aromatic carbocycles. The van der Waals surface area contributed by atoms with Crippen molar-refractivity contribution < 1.29 is 9.59 Å². The van der Waals surface area contributed by atoms with Crippen molar-refractivity contribution in [1.82, 2.24) is 30.6 Å². The van der Waals surface area contributed by atoms with Crippen molar-refractivity contribution in [2.24, 2.45) is 35.5 Å². The Hall–Kier alpha value is -4.14. The van der Waals surface area contributed by atoms with E-state index in [1.165, 1.54) is 0 Å². The third kappa shape index (κ3) is 8.71. The van der Waals surface area contributed by atoms with Crippen molar-refractivity contribution in [3.8, 4) is 33.6 Å². The SMILES string of the molecule is CC(C)CC(=O)NC1C(C)C1CCc1nc(Cl)c(-c2ccc(-c3ccc4cc(-c5[nH]c(CCC6C(NC(=O)CC(C)C)[C@@H]6C)nc5Cl)ccc4c3)cc2)[nH]1. The summed E-state index contributed by atoms with van der Waals surface area (Å²) < 4.78 is 0. The van der Waals surface area contributed by atoms with Gasteiger partial charge in [0.05, 0.1) is 11.4 Å². The van der Waals surface area contributed by atoms with Crippen LogP contribution in [0.25, 0.3) is 44.4 Å². The van der Waals surface area contributed by atoms with Crippen molar-refractivity contribution in [2.45, 2.75) is 92.2 Å². The van der Waals surface area contributed by atoms with E-state index < -0.39 is 0 Å². The second-order valence-corrected chi connectivity index (χ2v) is 17.3. The number of rotatable bonds is 15. The van der Waals surface area contributed by atoms with Crippen LogP contribution in [-0.2, 0) is 22.4 Å². The highest BCUT2D eigenvalue weighted by molar-refractivity contribution is 6.32. The Bertz CT molecular complexity index is 2140. The Morgan fingerprint density at radius 1 is 0.630 bits per heavy atom. The fourth-order valence-corrected chi connectivity index (χ4v) is 8.63. The van der Waals surface area contributed by atoms with Crippen molar-refractivity contribution >= 4 is 45.8 Å². The summed E-state index contributed by atoms with van der Waals surface area (Å²) in [4.78, 5) is 40.7. The second kappa shape index (κ2) is 15.9. The Morgan fingerprint density at radius 2 is 1.04 bits per heavy atom. The van der Waals surface area contributed by atoms with Crippen molar-refractivity contribution in [2.75, 3.05) is 0 Å². The van der Waals surface area contributed by atoms with Crippen LogP contribution in [0.3, 0.4) is 0 Å². The van der Waals surface area contributed by atoms with Gasteiger partial charge in [-0.3, -0.25) is 9.59 Å². The number of aryl methyl sites for hydroxylation is 2. The van der Waals surface area contributed by atoms with Crippen LogP contribution in [0.15, 0.2) is 60.7 Å². The smallest absolute Gasteiger partial charge is 0.220 e. The summed E-state index contributed by atoms with van der Waals surface area (Å²) in [6, 6.07) is 21.8. The fraction of sp³-hybridized carbons (Fsp3) is 0.455. The van der Waals surface area contributed by atoms with Gasteiger partial charge in [-0.05, 0) is 82.4 Å². The summed E-state index contributed by atoms with van der Waals surface area (Å²) in [6.07, 6.45) is 4.63. The number of benzene rings is 3. The molecular weight excluding hydrogens is 715 g/mol. The van der Waals surface area contributed by atoms with Crippen LogP contribution >= 0.6 is 23.2 Å². The molecule has 0 aliphatic heterocycles. The maximum atomic E-state index is 12.2. The predicted molar refractivity (Wildman–Crippen MR) is 219 cm³/mol. The minimum Gasteiger partial charge on any atom is -0.353 e. The van der Waals surface area contributed by atoms with Gasteiger partial charge >= 0.3 is 0 Å². The lowest BCUT2D eigenvalue weighted by atomic mass is 9.98. The Balaban J connectivity index is 0.952. The number of hydrogen-bond acceptors (Lipinski definition) is 4. The maximum Gasteiger partial charge on any atom is 0.220 e. The molecule has 6 atom stereocenters. The number of nitrogens with zero attached hydrogens (tertiary/aromatic N) is 2. The number of H-pyrrole nitrogens is 2. The normalized spacial score (nSPS) is 21.9. The van der Waals surface area contributed by atoms with Gasteiger partial charge in [0.1, 0.15) is 11.6 Å². The van der Waals surface area contributed by atoms with Gasteiger partial charge in [-0.1, -0.05) is 113 Å². The third-order valence-corrected chi connectivity index (χ3v) is 12.0. The summed E-state index contributed by atoms with van der Waals surface area (Å²) in [5.74, 6) is 4.66. The number of carbonyl (C=O) groups is 2. The molecule has 10 heteroatoms. The minimum atomic E-state index is 0.147. The highest BCUT2D eigenvalue weighted by atomic mass is 35.5. The number of amides is 2. The van der Waals surface area contributed by atoms with Gasteiger partial charge < -0.3 is 20.6 Å². The number of aromatic amines is 2. The van der Waals surface area contributed by atoms with Gasteiger partial charge in [0.15, 0.2) is 10.3 Å². The van der Waals surface area contributed by atoms with Crippen LogP contribution in [0.4, 0.5) is 0 Å². The van der Waals surface area contributed by atoms with E-state index in [-0.39, 0.29) is 23.9 Å². The predicted octanol–water partition coefficient (Wildman–Crippen LogP) is 10.1. The average molecular weight is 768 g/mol. The molecule has 5 aromatic rings. The number of carbonyl (C=O) groups excluding carboxylic acids is 2. The van der Waals surface area contributed by atoms with Crippen LogP contribution in [0.2, 0.25) is 10.3 Å². The number of hydrogen-bond donors (Lipinski definition) is 4. The van der Waals surface area contributed by atoms with E-state index >= 15 is 0 Å². The van der Waals surface area contributed by atoms with Gasteiger partial charge in [-0.15, -0.1) is 0 Å². The molecule has 7 rings (SSSR count). The molecule has 0 spiro atoms. The second-order valence-electron chi connectivity index (χ2n) is 16.6. The molecular formula is C44H52Cl2N6O2. The first-order chi connectivity index (χ1) is 25.8. The zero-order valence-electron chi connectivity index (χ0n) is 32.1. The first kappa shape index (κ1) is 38.1. The molecule has 8 nitrogen and oxygen atoms in total. The molecule has 5 unspecified atom stereocenters. The molecule has 2 fully saturated rings. The Kier molecular flexibility index (Phi) is 11.2. The van der Waals surface area contributed by atoms with Crippen LogP contribution in [0.5, 0.6) is 0 Å². The van der Waals surface area contributed by atoms with Gasteiger partial charge in [-0.25, -0.2) is 9.97 Å². The minimum absolute atomic E-state index is 0.147. The number of fused-ring (bicyclic) bond motifs is 1. The van der Waals surface area contributed by atoms with Crippen molar-refractivity contribution in [3.63, 3.8) is 0 Å². The lowest BCUT2D eigenvalue weighted by Crippen LogP contribution is -2.28. The average Bonchev–Trinajstić information content (AvgIpc) is 3.75. The molecule has 0 radical (unpaired) electrons. The van der Waals surface area contributed by atoms with Gasteiger partial charge in [0.25, 0.3) is 0 Å². The van der Waals surface area contributed by atoms with E-state index in [0.29, 0.717) is 58.7 Å². The summed E-state index contributed by atoms with van der Waals surface area (Å²) in [6.45, 7) is 12.7. The van der Waals surface area contributed by atoms with Crippen LogP contribution in [0, 0.1) is 35.5 Å². The van der Waals surface area contributed by atoms with Crippen LogP contribution < -0.4 is 10.6 Å². The summed E-state index contributed by atoms with van der Waals surface area (Å²) in [5.41, 5.74) is 5.88. The fourth-order valence-electron chi connectivity index (χ4n) is 8.12. The van der Waals surface area contributed by atoms with Crippen LogP contribution in [0.1, 0.15) is 78.9 Å². The molecule has 2 aromatic heterocycles. The highest BCUT2D eigenvalue weighted by Crippen LogP contribution is 2.43. The monoisotopic (exact) mass is 766 g/mol. The number of imidazole rings is 2. The number of nitrogens with one attached hydrogen (secondary N) is 4. The van der Waals surface area contributed by atoms with Crippen LogP contribution in [-0.4, -0.2) is 43.8 Å². The maximum absolute atomic E-state index is 12.2. The zero-order chi connectivity index (χ0) is 38.3. The zero-order valence-corrected chi connectivity index (χ0v) is 33.6. The molecule has 2 aliphatic rings. The summed E-state index contributed by atoms with van der Waals surface area (Å²) in [7, 11) is 0. The molecule has 2 saturated carbocycles. The highest BCUT2D eigenvalue weighted by Gasteiger charge is 2.47. The summed E-state index contributed by atoms with van der Waals surface area (Å²) in [5, 5.41) is 9.63. The Labute approximate surface area is 328 Å². The van der Waals surface area contributed by atoms with E-state index in [1.807, 2.05) is 0 Å². The van der Waals surface area contributed by atoms with E-state index in [9.17, 15) is 9.59 Å². The topological polar surface area (TPSA) is 116 Å². The first-order valence-corrected chi connectivity index (χ1v) is 20.3. The molecule has 4 N–H and O–H groups in total. The molecule has 54 heavy (non-hydrogen) atoms. The molecule has 2 aliphatic carbocycles. The van der Waals surface area contributed by atoms with Crippen molar-refractivity contribution in [3.05, 3.63) is 82.6 Å². The Morgan fingerprint density at radius 3 is 1.52 bits per heavy atom. The van der Waals surface area contributed by atoms with E-state index in [4.69, 9.17) is 23.2 Å². The van der Waals surface area contributed by atoms with Gasteiger partial charge in [0, 0.05) is 48.9 Å². The molecule has 2 amide bonds. The largest absolute Gasteiger partial charge is 0.353 e. The first-order valence-electron chi connectivity index (χ1n) is 19.6. The molecule has 0 saturated heterocycles. The van der Waals surface area contributed by atoms with E-state index in [1.54, 1.807) is 0 Å². The van der Waals surface area contributed by atoms with Gasteiger partial charge in [-0.2, -0.15) is 0 Å².